The van der Waals surface area contributed by atoms with Gasteiger partial charge in [0.2, 0.25) is 0 Å². The number of nitrogens with zero attached hydrogens (tertiary/aromatic N) is 2. The summed E-state index contributed by atoms with van der Waals surface area (Å²) in [6, 6.07) is 7.43. The molecule has 0 aromatic heterocycles. The monoisotopic (exact) mass is 280 g/mol. The number of hydrogen-bond donors (Lipinski definition) is 0. The Morgan fingerprint density at radius 1 is 0.889 bits per heavy atom. The van der Waals surface area contributed by atoms with Crippen molar-refractivity contribution in [2.24, 2.45) is 9.98 Å². The fourth-order valence-corrected chi connectivity index (χ4v) is 1.61. The van der Waals surface area contributed by atoms with E-state index >= 15 is 0 Å². The van der Waals surface area contributed by atoms with Crippen molar-refractivity contribution in [3.63, 3.8) is 0 Å². The molecule has 0 aliphatic carbocycles. The van der Waals surface area contributed by atoms with Crippen LogP contribution in [0, 0.1) is 0 Å². The molecule has 1 aromatic carbocycles. The Morgan fingerprint density at radius 3 is 1.50 bits per heavy atom. The summed E-state index contributed by atoms with van der Waals surface area (Å²) >= 11 is 12.1. The molecule has 94 valence electrons. The minimum absolute atomic E-state index is 0.459. The summed E-state index contributed by atoms with van der Waals surface area (Å²) in [4.78, 5) is 8.25. The van der Waals surface area contributed by atoms with Crippen molar-refractivity contribution < 1.29 is 0 Å². The molecule has 0 unspecified atom stereocenters. The predicted octanol–water partition coefficient (Wildman–Crippen LogP) is 4.03. The van der Waals surface area contributed by atoms with Crippen LogP contribution in [0.3, 0.4) is 0 Å². The van der Waals surface area contributed by atoms with Gasteiger partial charge in [-0.2, -0.15) is 0 Å². The normalized spacial score (nSPS) is 12.3. The first-order valence-electron chi connectivity index (χ1n) is 5.41. The third-order valence-electron chi connectivity index (χ3n) is 2.08. The van der Waals surface area contributed by atoms with Gasteiger partial charge in [-0.1, -0.05) is 59.6 Å². The summed E-state index contributed by atoms with van der Waals surface area (Å²) in [6.45, 7) is 8.17. The lowest BCUT2D eigenvalue weighted by Gasteiger charge is -2.01. The van der Waals surface area contributed by atoms with Gasteiger partial charge in [-0.05, 0) is 0 Å². The molecule has 4 heteroatoms. The van der Waals surface area contributed by atoms with Gasteiger partial charge in [0.05, 0.1) is 13.1 Å². The largest absolute Gasteiger partial charge is 0.268 e. The van der Waals surface area contributed by atoms with Gasteiger partial charge in [0.25, 0.3) is 0 Å². The van der Waals surface area contributed by atoms with Crippen molar-refractivity contribution in [3.8, 4) is 0 Å². The second kappa shape index (κ2) is 7.85. The summed E-state index contributed by atoms with van der Waals surface area (Å²) < 4.78 is 0. The van der Waals surface area contributed by atoms with E-state index in [0.29, 0.717) is 23.4 Å². The maximum atomic E-state index is 6.03. The molecule has 0 bridgehead atoms. The highest BCUT2D eigenvalue weighted by atomic mass is 35.5. The van der Waals surface area contributed by atoms with Gasteiger partial charge in [0.15, 0.2) is 0 Å². The molecule has 0 fully saturated rings. The van der Waals surface area contributed by atoms with E-state index in [9.17, 15) is 0 Å². The zero-order chi connectivity index (χ0) is 13.4. The zero-order valence-corrected chi connectivity index (χ0v) is 11.5. The lowest BCUT2D eigenvalue weighted by Crippen LogP contribution is -1.96. The topological polar surface area (TPSA) is 24.7 Å². The van der Waals surface area contributed by atoms with E-state index in [2.05, 4.69) is 23.1 Å². The van der Waals surface area contributed by atoms with Crippen LogP contribution in [0.4, 0.5) is 0 Å². The molecule has 0 amide bonds. The maximum absolute atomic E-state index is 6.03. The minimum atomic E-state index is 0.459. The number of rotatable bonds is 6. The van der Waals surface area contributed by atoms with Crippen molar-refractivity contribution in [2.75, 3.05) is 13.1 Å². The highest BCUT2D eigenvalue weighted by Crippen LogP contribution is 2.11. The molecule has 0 heterocycles. The van der Waals surface area contributed by atoms with E-state index in [-0.39, 0.29) is 0 Å². The maximum Gasteiger partial charge on any atom is 0.131 e. The summed E-state index contributed by atoms with van der Waals surface area (Å²) in [5.74, 6) is 0. The first kappa shape index (κ1) is 14.7. The molecular formula is C14H14Cl2N2. The van der Waals surface area contributed by atoms with Crippen LogP contribution in [0.15, 0.2) is 59.6 Å². The van der Waals surface area contributed by atoms with Gasteiger partial charge < -0.3 is 0 Å². The summed E-state index contributed by atoms with van der Waals surface area (Å²) in [7, 11) is 0. The lowest BCUT2D eigenvalue weighted by atomic mass is 10.1. The van der Waals surface area contributed by atoms with Crippen LogP contribution in [0.2, 0.25) is 0 Å². The average Bonchev–Trinajstić information content (AvgIpc) is 2.42. The van der Waals surface area contributed by atoms with E-state index in [1.165, 1.54) is 0 Å². The van der Waals surface area contributed by atoms with E-state index < -0.39 is 0 Å². The molecule has 18 heavy (non-hydrogen) atoms. The van der Waals surface area contributed by atoms with E-state index in [1.54, 1.807) is 12.2 Å². The van der Waals surface area contributed by atoms with E-state index in [1.807, 2.05) is 24.3 Å². The SMILES string of the molecule is C=CCN=C(Cl)c1ccc(C(Cl)=NCC=C)cc1. The molecule has 1 rings (SSSR count). The molecular weight excluding hydrogens is 267 g/mol. The molecule has 0 N–H and O–H groups in total. The lowest BCUT2D eigenvalue weighted by molar-refractivity contribution is 1.25. The molecule has 0 atom stereocenters. The molecule has 0 saturated heterocycles. The van der Waals surface area contributed by atoms with Crippen molar-refractivity contribution in [1.82, 2.24) is 0 Å². The highest BCUT2D eigenvalue weighted by Gasteiger charge is 2.02. The Balaban J connectivity index is 2.85. The quantitative estimate of drug-likeness (QED) is 0.555. The van der Waals surface area contributed by atoms with Crippen molar-refractivity contribution in [3.05, 3.63) is 60.7 Å². The van der Waals surface area contributed by atoms with Crippen LogP contribution in [0.25, 0.3) is 0 Å². The van der Waals surface area contributed by atoms with Gasteiger partial charge >= 0.3 is 0 Å². The van der Waals surface area contributed by atoms with Crippen LogP contribution in [-0.2, 0) is 0 Å². The number of halogens is 2. The Bertz CT molecular complexity index is 428. The van der Waals surface area contributed by atoms with Gasteiger partial charge in [-0.25, -0.2) is 0 Å². The Kier molecular flexibility index (Phi) is 6.40. The second-order valence-corrected chi connectivity index (χ2v) is 4.13. The second-order valence-electron chi connectivity index (χ2n) is 3.42. The summed E-state index contributed by atoms with van der Waals surface area (Å²) in [5, 5.41) is 0.918. The van der Waals surface area contributed by atoms with Crippen molar-refractivity contribution in [1.29, 1.82) is 0 Å². The van der Waals surface area contributed by atoms with E-state index in [0.717, 1.165) is 11.1 Å². The van der Waals surface area contributed by atoms with Crippen LogP contribution >= 0.6 is 23.2 Å². The number of hydrogen-bond acceptors (Lipinski definition) is 2. The average molecular weight is 281 g/mol. The summed E-state index contributed by atoms with van der Waals surface area (Å²) in [6.07, 6.45) is 3.38. The highest BCUT2D eigenvalue weighted by molar-refractivity contribution is 6.70. The fourth-order valence-electron chi connectivity index (χ4n) is 1.22. The van der Waals surface area contributed by atoms with Crippen LogP contribution in [0.1, 0.15) is 11.1 Å². The smallest absolute Gasteiger partial charge is 0.131 e. The van der Waals surface area contributed by atoms with Crippen LogP contribution < -0.4 is 0 Å². The summed E-state index contributed by atoms with van der Waals surface area (Å²) in [5.41, 5.74) is 1.69. The zero-order valence-electron chi connectivity index (χ0n) is 9.94. The van der Waals surface area contributed by atoms with Crippen molar-refractivity contribution in [2.45, 2.75) is 0 Å². The van der Waals surface area contributed by atoms with Crippen molar-refractivity contribution >= 4 is 33.5 Å². The molecule has 1 aromatic rings. The Labute approximate surface area is 117 Å². The number of benzene rings is 1. The molecule has 0 aliphatic heterocycles. The fraction of sp³-hybridized carbons (Fsp3) is 0.143. The minimum Gasteiger partial charge on any atom is -0.268 e. The Hall–Kier alpha value is -1.38. The third-order valence-corrected chi connectivity index (χ3v) is 2.76. The van der Waals surface area contributed by atoms with Crippen LogP contribution in [-0.4, -0.2) is 23.4 Å². The first-order chi connectivity index (χ1) is 8.69. The standard InChI is InChI=1S/C14H14Cl2N2/c1-3-9-17-13(15)11-5-7-12(8-6-11)14(16)18-10-4-2/h3-8H,1-2,9-10H2. The first-order valence-corrected chi connectivity index (χ1v) is 6.17. The molecule has 0 saturated carbocycles. The molecule has 2 nitrogen and oxygen atoms in total. The molecule has 0 spiro atoms. The molecule has 0 aliphatic rings. The van der Waals surface area contributed by atoms with Gasteiger partial charge in [0.1, 0.15) is 10.3 Å². The van der Waals surface area contributed by atoms with Gasteiger partial charge in [-0.15, -0.1) is 13.2 Å². The van der Waals surface area contributed by atoms with Gasteiger partial charge in [-0.3, -0.25) is 9.98 Å². The third kappa shape index (κ3) is 4.47. The Morgan fingerprint density at radius 2 is 1.22 bits per heavy atom. The van der Waals surface area contributed by atoms with E-state index in [4.69, 9.17) is 23.2 Å². The van der Waals surface area contributed by atoms with Gasteiger partial charge in [0, 0.05) is 11.1 Å². The predicted molar refractivity (Wildman–Crippen MR) is 81.4 cm³/mol. The van der Waals surface area contributed by atoms with Crippen LogP contribution in [0.5, 0.6) is 0 Å². The molecule has 0 radical (unpaired) electrons. The number of aliphatic imine (C=N–C) groups is 2.